The van der Waals surface area contributed by atoms with Gasteiger partial charge >= 0.3 is 6.18 Å². The average Bonchev–Trinajstić information content (AvgIpc) is 2.64. The van der Waals surface area contributed by atoms with Crippen LogP contribution in [0, 0.1) is 5.92 Å². The molecule has 152 valence electrons. The van der Waals surface area contributed by atoms with E-state index in [9.17, 15) is 13.2 Å². The van der Waals surface area contributed by atoms with Gasteiger partial charge in [0.05, 0.1) is 12.1 Å². The number of hydrogen-bond acceptors (Lipinski definition) is 2. The predicted molar refractivity (Wildman–Crippen MR) is 104 cm³/mol. The zero-order valence-corrected chi connectivity index (χ0v) is 16.4. The van der Waals surface area contributed by atoms with Gasteiger partial charge in [-0.3, -0.25) is 0 Å². The number of hydrogen-bond donors (Lipinski definition) is 2. The molecule has 1 atom stereocenters. The molecule has 0 radical (unpaired) electrons. The number of guanidine groups is 1. The van der Waals surface area contributed by atoms with E-state index in [1.165, 1.54) is 25.0 Å². The largest absolute Gasteiger partial charge is 0.416 e. The lowest BCUT2D eigenvalue weighted by Gasteiger charge is -2.35. The Kier molecular flexibility index (Phi) is 7.95. The van der Waals surface area contributed by atoms with Crippen LogP contribution in [0.2, 0.25) is 0 Å². The van der Waals surface area contributed by atoms with E-state index in [0.29, 0.717) is 24.5 Å². The van der Waals surface area contributed by atoms with Crippen molar-refractivity contribution in [1.29, 1.82) is 0 Å². The third-order valence-corrected chi connectivity index (χ3v) is 4.88. The number of alkyl halides is 3. The van der Waals surface area contributed by atoms with Gasteiger partial charge in [-0.2, -0.15) is 13.2 Å². The summed E-state index contributed by atoms with van der Waals surface area (Å²) < 4.78 is 37.9. The Morgan fingerprint density at radius 2 is 1.93 bits per heavy atom. The van der Waals surface area contributed by atoms with Gasteiger partial charge in [-0.05, 0) is 63.8 Å². The third kappa shape index (κ3) is 7.05. The smallest absolute Gasteiger partial charge is 0.357 e. The third-order valence-electron chi connectivity index (χ3n) is 4.88. The molecule has 1 heterocycles. The van der Waals surface area contributed by atoms with Crippen LogP contribution < -0.4 is 10.6 Å². The highest BCUT2D eigenvalue weighted by atomic mass is 19.4. The Balaban J connectivity index is 1.90. The molecule has 1 aliphatic heterocycles. The van der Waals surface area contributed by atoms with Gasteiger partial charge in [-0.1, -0.05) is 12.1 Å². The van der Waals surface area contributed by atoms with Crippen LogP contribution in [0.25, 0.3) is 0 Å². The second-order valence-electron chi connectivity index (χ2n) is 7.37. The maximum Gasteiger partial charge on any atom is 0.416 e. The van der Waals surface area contributed by atoms with Gasteiger partial charge < -0.3 is 15.5 Å². The van der Waals surface area contributed by atoms with Crippen molar-refractivity contribution in [2.45, 2.75) is 52.4 Å². The van der Waals surface area contributed by atoms with Gasteiger partial charge in [0.15, 0.2) is 5.96 Å². The second kappa shape index (κ2) is 9.97. The summed E-state index contributed by atoms with van der Waals surface area (Å²) in [4.78, 5) is 7.02. The summed E-state index contributed by atoms with van der Waals surface area (Å²) in [6.45, 7) is 10.6. The lowest BCUT2D eigenvalue weighted by molar-refractivity contribution is -0.137. The van der Waals surface area contributed by atoms with Crippen molar-refractivity contribution in [3.63, 3.8) is 0 Å². The molecule has 1 unspecified atom stereocenters. The number of benzene rings is 1. The van der Waals surface area contributed by atoms with Crippen LogP contribution in [0.15, 0.2) is 29.3 Å². The van der Waals surface area contributed by atoms with Gasteiger partial charge in [-0.15, -0.1) is 0 Å². The van der Waals surface area contributed by atoms with Gasteiger partial charge in [0, 0.05) is 25.7 Å². The predicted octanol–water partition coefficient (Wildman–Crippen LogP) is 3.88. The summed E-state index contributed by atoms with van der Waals surface area (Å²) >= 11 is 0. The molecule has 1 aliphatic rings. The van der Waals surface area contributed by atoms with E-state index in [2.05, 4.69) is 34.4 Å². The van der Waals surface area contributed by atoms with Crippen LogP contribution in [0.1, 0.15) is 44.7 Å². The molecule has 1 saturated heterocycles. The van der Waals surface area contributed by atoms with E-state index in [-0.39, 0.29) is 0 Å². The zero-order valence-electron chi connectivity index (χ0n) is 16.4. The van der Waals surface area contributed by atoms with Gasteiger partial charge in [-0.25, -0.2) is 4.99 Å². The highest BCUT2D eigenvalue weighted by Crippen LogP contribution is 2.29. The van der Waals surface area contributed by atoms with Gasteiger partial charge in [0.25, 0.3) is 0 Å². The summed E-state index contributed by atoms with van der Waals surface area (Å²) in [5.74, 6) is 1.29. The minimum Gasteiger partial charge on any atom is -0.357 e. The minimum atomic E-state index is -4.30. The van der Waals surface area contributed by atoms with Crippen molar-refractivity contribution in [1.82, 2.24) is 15.5 Å². The molecule has 0 bridgehead atoms. The Hall–Kier alpha value is -1.76. The molecule has 1 aromatic carbocycles. The first-order valence-corrected chi connectivity index (χ1v) is 9.72. The summed E-state index contributed by atoms with van der Waals surface area (Å²) in [7, 11) is 0. The Morgan fingerprint density at radius 1 is 1.22 bits per heavy atom. The number of nitrogens with zero attached hydrogens (tertiary/aromatic N) is 2. The molecule has 0 aliphatic carbocycles. The average molecular weight is 384 g/mol. The number of likely N-dealkylation sites (tertiary alicyclic amines) is 1. The lowest BCUT2D eigenvalue weighted by Crippen LogP contribution is -2.46. The minimum absolute atomic E-state index is 0.344. The molecule has 7 heteroatoms. The van der Waals surface area contributed by atoms with Crippen molar-refractivity contribution in [2.75, 3.05) is 26.2 Å². The van der Waals surface area contributed by atoms with Crippen LogP contribution in [-0.2, 0) is 12.7 Å². The van der Waals surface area contributed by atoms with Crippen molar-refractivity contribution in [3.8, 4) is 0 Å². The number of rotatable bonds is 6. The van der Waals surface area contributed by atoms with E-state index in [1.807, 2.05) is 6.92 Å². The Morgan fingerprint density at radius 3 is 2.52 bits per heavy atom. The molecule has 0 amide bonds. The molecule has 27 heavy (non-hydrogen) atoms. The lowest BCUT2D eigenvalue weighted by atomic mass is 9.97. The highest BCUT2D eigenvalue weighted by Gasteiger charge is 2.29. The van der Waals surface area contributed by atoms with Gasteiger partial charge in [0.1, 0.15) is 0 Å². The fraction of sp³-hybridized carbons (Fsp3) is 0.650. The summed E-state index contributed by atoms with van der Waals surface area (Å²) in [6, 6.07) is 5.74. The maximum absolute atomic E-state index is 12.6. The van der Waals surface area contributed by atoms with Crippen LogP contribution in [-0.4, -0.2) is 43.1 Å². The quantitative estimate of drug-likeness (QED) is 0.578. The van der Waals surface area contributed by atoms with E-state index >= 15 is 0 Å². The molecule has 0 aromatic heterocycles. The van der Waals surface area contributed by atoms with Crippen molar-refractivity contribution in [3.05, 3.63) is 35.4 Å². The van der Waals surface area contributed by atoms with E-state index in [0.717, 1.165) is 43.9 Å². The SMILES string of the molecule is CCNC(=NCc1ccc(C(F)(F)F)cc1)NCC1CCCN(C(C)C)C1. The van der Waals surface area contributed by atoms with Crippen LogP contribution in [0.4, 0.5) is 13.2 Å². The summed E-state index contributed by atoms with van der Waals surface area (Å²) in [5, 5.41) is 6.60. The molecule has 0 saturated carbocycles. The van der Waals surface area contributed by atoms with Gasteiger partial charge in [0.2, 0.25) is 0 Å². The van der Waals surface area contributed by atoms with Crippen LogP contribution in [0.5, 0.6) is 0 Å². The molecule has 4 nitrogen and oxygen atoms in total. The number of nitrogens with one attached hydrogen (secondary N) is 2. The first-order valence-electron chi connectivity index (χ1n) is 9.72. The monoisotopic (exact) mass is 384 g/mol. The van der Waals surface area contributed by atoms with E-state index in [1.54, 1.807) is 0 Å². The molecule has 2 rings (SSSR count). The second-order valence-corrected chi connectivity index (χ2v) is 7.37. The summed E-state index contributed by atoms with van der Waals surface area (Å²) in [5.41, 5.74) is 0.121. The Labute approximate surface area is 160 Å². The van der Waals surface area contributed by atoms with E-state index < -0.39 is 11.7 Å². The number of piperidine rings is 1. The van der Waals surface area contributed by atoms with E-state index in [4.69, 9.17) is 0 Å². The standard InChI is InChI=1S/C20H31F3N4/c1-4-24-19(26-13-17-6-5-11-27(14-17)15(2)3)25-12-16-7-9-18(10-8-16)20(21,22)23/h7-10,15,17H,4-6,11-14H2,1-3H3,(H2,24,25,26). The van der Waals surface area contributed by atoms with Crippen LogP contribution in [0.3, 0.4) is 0 Å². The molecular weight excluding hydrogens is 353 g/mol. The van der Waals surface area contributed by atoms with Crippen molar-refractivity contribution < 1.29 is 13.2 Å². The zero-order chi connectivity index (χ0) is 19.9. The molecule has 0 spiro atoms. The van der Waals surface area contributed by atoms with Crippen molar-refractivity contribution >= 4 is 5.96 Å². The van der Waals surface area contributed by atoms with Crippen molar-refractivity contribution in [2.24, 2.45) is 10.9 Å². The topological polar surface area (TPSA) is 39.7 Å². The number of halogens is 3. The molecule has 2 N–H and O–H groups in total. The molecule has 1 fully saturated rings. The fourth-order valence-electron chi connectivity index (χ4n) is 3.29. The fourth-order valence-corrected chi connectivity index (χ4v) is 3.29. The summed E-state index contributed by atoms with van der Waals surface area (Å²) in [6.07, 6.45) is -1.89. The first kappa shape index (κ1) is 21.5. The van der Waals surface area contributed by atoms with Crippen LogP contribution >= 0.6 is 0 Å². The Bertz CT molecular complexity index is 596. The first-order chi connectivity index (χ1) is 12.8. The number of aliphatic imine (C=N–C) groups is 1. The molecule has 1 aromatic rings. The maximum atomic E-state index is 12.6. The highest BCUT2D eigenvalue weighted by molar-refractivity contribution is 5.79. The normalized spacial score (nSPS) is 19.4. The molecular formula is C20H31F3N4.